The number of sulfonamides is 1. The molecule has 0 unspecified atom stereocenters. The highest BCUT2D eigenvalue weighted by atomic mass is 32.2. The van der Waals surface area contributed by atoms with Gasteiger partial charge < -0.3 is 10.0 Å². The first-order chi connectivity index (χ1) is 9.66. The van der Waals surface area contributed by atoms with Crippen LogP contribution in [0.15, 0.2) is 29.2 Å². The summed E-state index contributed by atoms with van der Waals surface area (Å²) in [5.41, 5.74) is 0.306. The third-order valence-corrected chi connectivity index (χ3v) is 4.72. The highest BCUT2D eigenvalue weighted by molar-refractivity contribution is 7.89. The van der Waals surface area contributed by atoms with Crippen molar-refractivity contribution < 1.29 is 23.1 Å². The zero-order valence-corrected chi connectivity index (χ0v) is 12.9. The number of carboxylic acid groups (broad SMARTS) is 1. The van der Waals surface area contributed by atoms with Crippen molar-refractivity contribution in [2.75, 3.05) is 27.7 Å². The lowest BCUT2D eigenvalue weighted by Crippen LogP contribution is -2.29. The Kier molecular flexibility index (Phi) is 5.45. The van der Waals surface area contributed by atoms with E-state index in [9.17, 15) is 18.0 Å². The summed E-state index contributed by atoms with van der Waals surface area (Å²) in [5.74, 6) is -1.34. The van der Waals surface area contributed by atoms with Gasteiger partial charge in [-0.15, -0.1) is 0 Å². The molecule has 0 fully saturated rings. The van der Waals surface area contributed by atoms with Gasteiger partial charge in [-0.2, -0.15) is 0 Å². The largest absolute Gasteiger partial charge is 0.481 e. The van der Waals surface area contributed by atoms with Crippen LogP contribution in [0, 0.1) is 0 Å². The van der Waals surface area contributed by atoms with Crippen LogP contribution in [0.5, 0.6) is 0 Å². The Morgan fingerprint density at radius 1 is 1.10 bits per heavy atom. The Hall–Kier alpha value is -1.93. The fourth-order valence-corrected chi connectivity index (χ4v) is 2.47. The van der Waals surface area contributed by atoms with E-state index in [-0.39, 0.29) is 23.8 Å². The Balaban J connectivity index is 2.88. The number of carboxylic acids is 1. The van der Waals surface area contributed by atoms with E-state index in [1.165, 1.54) is 50.3 Å². The van der Waals surface area contributed by atoms with Crippen molar-refractivity contribution in [1.29, 1.82) is 0 Å². The van der Waals surface area contributed by atoms with Crippen LogP contribution in [0.25, 0.3) is 0 Å². The second-order valence-corrected chi connectivity index (χ2v) is 6.83. The molecule has 8 heteroatoms. The average Bonchev–Trinajstić information content (AvgIpc) is 2.43. The summed E-state index contributed by atoms with van der Waals surface area (Å²) >= 11 is 0. The molecule has 0 saturated heterocycles. The van der Waals surface area contributed by atoms with E-state index in [2.05, 4.69) is 0 Å². The molecule has 1 aromatic carbocycles. The molecule has 1 N–H and O–H groups in total. The first-order valence-electron chi connectivity index (χ1n) is 6.16. The fraction of sp³-hybridized carbons (Fsp3) is 0.385. The minimum atomic E-state index is -3.53. The summed E-state index contributed by atoms with van der Waals surface area (Å²) in [6.45, 7) is 0.0892. The molecule has 0 atom stereocenters. The predicted molar refractivity (Wildman–Crippen MR) is 76.5 cm³/mol. The molecule has 0 heterocycles. The zero-order chi connectivity index (χ0) is 16.2. The number of carbonyl (C=O) groups is 2. The maximum absolute atomic E-state index is 12.0. The molecule has 0 aliphatic rings. The van der Waals surface area contributed by atoms with Gasteiger partial charge in [0.05, 0.1) is 11.3 Å². The maximum atomic E-state index is 12.0. The molecule has 1 aromatic rings. The summed E-state index contributed by atoms with van der Waals surface area (Å²) < 4.78 is 24.9. The van der Waals surface area contributed by atoms with Crippen molar-refractivity contribution in [1.82, 2.24) is 9.21 Å². The van der Waals surface area contributed by atoms with E-state index in [4.69, 9.17) is 5.11 Å². The fourth-order valence-electron chi connectivity index (χ4n) is 1.57. The van der Waals surface area contributed by atoms with E-state index in [0.717, 1.165) is 4.31 Å². The van der Waals surface area contributed by atoms with E-state index in [1.807, 2.05) is 0 Å². The van der Waals surface area contributed by atoms with Gasteiger partial charge in [0.15, 0.2) is 0 Å². The van der Waals surface area contributed by atoms with Crippen LogP contribution in [0.3, 0.4) is 0 Å². The highest BCUT2D eigenvalue weighted by Gasteiger charge is 2.18. The molecule has 0 aliphatic heterocycles. The van der Waals surface area contributed by atoms with E-state index in [1.54, 1.807) is 0 Å². The number of carbonyl (C=O) groups excluding carboxylic acids is 1. The van der Waals surface area contributed by atoms with Crippen LogP contribution < -0.4 is 0 Å². The van der Waals surface area contributed by atoms with Crippen LogP contribution in [0.2, 0.25) is 0 Å². The minimum Gasteiger partial charge on any atom is -0.481 e. The SMILES string of the molecule is CN(CCC(=O)O)C(=O)c1ccc(S(=O)(=O)N(C)C)cc1. The van der Waals surface area contributed by atoms with Gasteiger partial charge in [0.25, 0.3) is 5.91 Å². The molecule has 0 aromatic heterocycles. The molecule has 7 nitrogen and oxygen atoms in total. The number of aliphatic carboxylic acids is 1. The Bertz CT molecular complexity index is 622. The summed E-state index contributed by atoms with van der Waals surface area (Å²) in [6.07, 6.45) is -0.144. The lowest BCUT2D eigenvalue weighted by molar-refractivity contribution is -0.137. The van der Waals surface area contributed by atoms with Gasteiger partial charge in [-0.25, -0.2) is 12.7 Å². The van der Waals surface area contributed by atoms with Crippen molar-refractivity contribution in [3.8, 4) is 0 Å². The molecule has 116 valence electrons. The minimum absolute atomic E-state index is 0.0892. The van der Waals surface area contributed by atoms with E-state index in [0.29, 0.717) is 5.56 Å². The van der Waals surface area contributed by atoms with Crippen molar-refractivity contribution in [3.05, 3.63) is 29.8 Å². The number of nitrogens with zero attached hydrogens (tertiary/aromatic N) is 2. The zero-order valence-electron chi connectivity index (χ0n) is 12.1. The molecule has 0 bridgehead atoms. The van der Waals surface area contributed by atoms with Crippen molar-refractivity contribution in [2.24, 2.45) is 0 Å². The predicted octanol–water partition coefficient (Wildman–Crippen LogP) is 0.484. The van der Waals surface area contributed by atoms with Crippen molar-refractivity contribution in [2.45, 2.75) is 11.3 Å². The molecule has 21 heavy (non-hydrogen) atoms. The number of amides is 1. The monoisotopic (exact) mass is 314 g/mol. The lowest BCUT2D eigenvalue weighted by atomic mass is 10.2. The molecular weight excluding hydrogens is 296 g/mol. The maximum Gasteiger partial charge on any atom is 0.305 e. The summed E-state index contributed by atoms with van der Waals surface area (Å²) in [4.78, 5) is 23.9. The van der Waals surface area contributed by atoms with Gasteiger partial charge >= 0.3 is 5.97 Å². The lowest BCUT2D eigenvalue weighted by Gasteiger charge is -2.16. The molecule has 0 aliphatic carbocycles. The molecular formula is C13H18N2O5S. The molecule has 0 saturated carbocycles. The Morgan fingerprint density at radius 2 is 1.62 bits per heavy atom. The standard InChI is InChI=1S/C13H18N2O5S/c1-14(2)21(19,20)11-6-4-10(5-7-11)13(18)15(3)9-8-12(16)17/h4-7H,8-9H2,1-3H3,(H,16,17). The van der Waals surface area contributed by atoms with Gasteiger partial charge in [-0.05, 0) is 24.3 Å². The van der Waals surface area contributed by atoms with Gasteiger partial charge in [0, 0.05) is 33.3 Å². The Morgan fingerprint density at radius 3 is 2.05 bits per heavy atom. The third-order valence-electron chi connectivity index (χ3n) is 2.89. The van der Waals surface area contributed by atoms with Crippen molar-refractivity contribution in [3.63, 3.8) is 0 Å². The van der Waals surface area contributed by atoms with Crippen LogP contribution in [-0.2, 0) is 14.8 Å². The van der Waals surface area contributed by atoms with Crippen LogP contribution >= 0.6 is 0 Å². The van der Waals surface area contributed by atoms with E-state index >= 15 is 0 Å². The molecule has 1 rings (SSSR count). The third kappa shape index (κ3) is 4.27. The average molecular weight is 314 g/mol. The number of hydrogen-bond acceptors (Lipinski definition) is 4. The second kappa shape index (κ2) is 6.68. The van der Waals surface area contributed by atoms with Crippen molar-refractivity contribution >= 4 is 21.9 Å². The molecule has 0 spiro atoms. The van der Waals surface area contributed by atoms with Gasteiger partial charge in [0.1, 0.15) is 0 Å². The summed E-state index contributed by atoms with van der Waals surface area (Å²) in [7, 11) is 0.815. The van der Waals surface area contributed by atoms with Gasteiger partial charge in [-0.1, -0.05) is 0 Å². The highest BCUT2D eigenvalue weighted by Crippen LogP contribution is 2.14. The first kappa shape index (κ1) is 17.1. The van der Waals surface area contributed by atoms with Crippen LogP contribution in [0.4, 0.5) is 0 Å². The van der Waals surface area contributed by atoms with Crippen LogP contribution in [0.1, 0.15) is 16.8 Å². The van der Waals surface area contributed by atoms with Crippen LogP contribution in [-0.4, -0.2) is 62.3 Å². The summed E-state index contributed by atoms with van der Waals surface area (Å²) in [5, 5.41) is 8.58. The van der Waals surface area contributed by atoms with E-state index < -0.39 is 16.0 Å². The number of hydrogen-bond donors (Lipinski definition) is 1. The number of benzene rings is 1. The number of rotatable bonds is 6. The summed E-state index contributed by atoms with van der Waals surface area (Å²) in [6, 6.07) is 5.53. The first-order valence-corrected chi connectivity index (χ1v) is 7.60. The second-order valence-electron chi connectivity index (χ2n) is 4.68. The Labute approximate surface area is 123 Å². The molecule has 0 radical (unpaired) electrons. The quantitative estimate of drug-likeness (QED) is 0.824. The van der Waals surface area contributed by atoms with Gasteiger partial charge in [0.2, 0.25) is 10.0 Å². The topological polar surface area (TPSA) is 95.0 Å². The normalized spacial score (nSPS) is 11.4. The molecule has 1 amide bonds. The van der Waals surface area contributed by atoms with Gasteiger partial charge in [-0.3, -0.25) is 9.59 Å². The smallest absolute Gasteiger partial charge is 0.305 e.